The summed E-state index contributed by atoms with van der Waals surface area (Å²) in [6, 6.07) is 3.83. The van der Waals surface area contributed by atoms with E-state index in [2.05, 4.69) is 38.9 Å². The third-order valence-corrected chi connectivity index (χ3v) is 3.91. The Morgan fingerprint density at radius 2 is 2.14 bits per heavy atom. The summed E-state index contributed by atoms with van der Waals surface area (Å²) in [7, 11) is 0. The molecule has 6 nitrogen and oxygen atoms in total. The van der Waals surface area contributed by atoms with Crippen molar-refractivity contribution in [1.82, 2.24) is 25.1 Å². The number of amides is 1. The molecule has 1 aliphatic rings. The van der Waals surface area contributed by atoms with Gasteiger partial charge in [-0.1, -0.05) is 13.8 Å². The second-order valence-corrected chi connectivity index (χ2v) is 6.10. The minimum Gasteiger partial charge on any atom is -0.355 e. The van der Waals surface area contributed by atoms with E-state index in [-0.39, 0.29) is 11.8 Å². The summed E-state index contributed by atoms with van der Waals surface area (Å²) in [5.74, 6) is 1.90. The number of nitrogens with one attached hydrogen (secondary N) is 1. The maximum atomic E-state index is 12.4. The zero-order valence-electron chi connectivity index (χ0n) is 13.0. The lowest BCUT2D eigenvalue weighted by molar-refractivity contribution is -0.123. The molecular weight excluding hydrogens is 278 g/mol. The van der Waals surface area contributed by atoms with Gasteiger partial charge >= 0.3 is 0 Å². The van der Waals surface area contributed by atoms with Crippen LogP contribution in [0, 0.1) is 5.92 Å². The molecule has 3 heterocycles. The molecule has 0 saturated heterocycles. The molecule has 22 heavy (non-hydrogen) atoms. The number of pyridine rings is 1. The molecular formula is C16H21N5O. The molecule has 6 heteroatoms. The van der Waals surface area contributed by atoms with Gasteiger partial charge in [0, 0.05) is 31.0 Å². The van der Waals surface area contributed by atoms with Gasteiger partial charge < -0.3 is 9.88 Å². The van der Waals surface area contributed by atoms with Crippen molar-refractivity contribution in [1.29, 1.82) is 0 Å². The molecule has 0 bridgehead atoms. The van der Waals surface area contributed by atoms with Crippen LogP contribution in [-0.4, -0.2) is 32.2 Å². The Labute approximate surface area is 130 Å². The fraction of sp³-hybridized carbons (Fsp3) is 0.500. The fourth-order valence-electron chi connectivity index (χ4n) is 2.77. The van der Waals surface area contributed by atoms with Crippen molar-refractivity contribution < 1.29 is 4.79 Å². The molecule has 116 valence electrons. The molecule has 1 aliphatic heterocycles. The molecule has 1 unspecified atom stereocenters. The van der Waals surface area contributed by atoms with E-state index in [1.54, 1.807) is 12.4 Å². The quantitative estimate of drug-likeness (QED) is 0.937. The number of carbonyl (C=O) groups excluding carboxylic acids is 1. The maximum Gasteiger partial charge on any atom is 0.230 e. The first-order chi connectivity index (χ1) is 10.7. The third-order valence-electron chi connectivity index (χ3n) is 3.91. The van der Waals surface area contributed by atoms with Crippen LogP contribution in [-0.2, 0) is 11.3 Å². The highest BCUT2D eigenvalue weighted by Crippen LogP contribution is 2.30. The highest BCUT2D eigenvalue weighted by atomic mass is 16.1. The first-order valence-corrected chi connectivity index (χ1v) is 7.78. The Balaban J connectivity index is 1.86. The molecule has 1 atom stereocenters. The smallest absolute Gasteiger partial charge is 0.230 e. The number of rotatable bonds is 4. The lowest BCUT2D eigenvalue weighted by Gasteiger charge is -2.23. The first kappa shape index (κ1) is 14.7. The van der Waals surface area contributed by atoms with Crippen molar-refractivity contribution in [2.45, 2.75) is 39.2 Å². The van der Waals surface area contributed by atoms with E-state index in [1.807, 2.05) is 12.1 Å². The van der Waals surface area contributed by atoms with Crippen LogP contribution in [0.3, 0.4) is 0 Å². The molecule has 0 aliphatic carbocycles. The number of hydrogen-bond donors (Lipinski definition) is 1. The summed E-state index contributed by atoms with van der Waals surface area (Å²) >= 11 is 0. The highest BCUT2D eigenvalue weighted by Gasteiger charge is 2.30. The highest BCUT2D eigenvalue weighted by molar-refractivity contribution is 5.83. The number of aromatic nitrogens is 4. The molecule has 1 N–H and O–H groups in total. The molecule has 0 radical (unpaired) electrons. The summed E-state index contributed by atoms with van der Waals surface area (Å²) in [6.45, 7) is 5.73. The summed E-state index contributed by atoms with van der Waals surface area (Å²) in [5, 5.41) is 11.6. The van der Waals surface area contributed by atoms with Gasteiger partial charge in [0.25, 0.3) is 0 Å². The number of fused-ring (bicyclic) bond motifs is 1. The average Bonchev–Trinajstić information content (AvgIpc) is 2.97. The van der Waals surface area contributed by atoms with Crippen molar-refractivity contribution in [2.24, 2.45) is 5.92 Å². The second-order valence-electron chi connectivity index (χ2n) is 6.10. The van der Waals surface area contributed by atoms with E-state index in [1.165, 1.54) is 0 Å². The molecule has 2 aromatic rings. The minimum absolute atomic E-state index is 0.0586. The summed E-state index contributed by atoms with van der Waals surface area (Å²) in [5.41, 5.74) is 0.983. The normalized spacial score (nSPS) is 17.3. The van der Waals surface area contributed by atoms with Crippen molar-refractivity contribution in [3.8, 4) is 11.4 Å². The Morgan fingerprint density at radius 1 is 1.36 bits per heavy atom. The van der Waals surface area contributed by atoms with Gasteiger partial charge in [0.15, 0.2) is 5.82 Å². The van der Waals surface area contributed by atoms with E-state index < -0.39 is 0 Å². The molecule has 0 fully saturated rings. The van der Waals surface area contributed by atoms with Crippen molar-refractivity contribution >= 4 is 5.91 Å². The van der Waals surface area contributed by atoms with Crippen LogP contribution < -0.4 is 5.32 Å². The topological polar surface area (TPSA) is 72.7 Å². The van der Waals surface area contributed by atoms with Crippen molar-refractivity contribution in [3.63, 3.8) is 0 Å². The SMILES string of the molecule is CC(C)CNC(=O)C1CCCn2c(-c3ccncc3)nnc21. The lowest BCUT2D eigenvalue weighted by atomic mass is 9.97. The van der Waals surface area contributed by atoms with Gasteiger partial charge in [0.2, 0.25) is 5.91 Å². The van der Waals surface area contributed by atoms with Gasteiger partial charge in [0.1, 0.15) is 5.82 Å². The average molecular weight is 299 g/mol. The van der Waals surface area contributed by atoms with E-state index >= 15 is 0 Å². The van der Waals surface area contributed by atoms with Crippen LogP contribution in [0.25, 0.3) is 11.4 Å². The molecule has 0 aromatic carbocycles. The van der Waals surface area contributed by atoms with Gasteiger partial charge in [-0.3, -0.25) is 9.78 Å². The summed E-state index contributed by atoms with van der Waals surface area (Å²) in [6.07, 6.45) is 5.28. The van der Waals surface area contributed by atoms with E-state index in [0.29, 0.717) is 12.5 Å². The standard InChI is InChI=1S/C16H21N5O/c1-11(2)10-18-16(22)13-4-3-9-21-14(19-20-15(13)21)12-5-7-17-8-6-12/h5-8,11,13H,3-4,9-10H2,1-2H3,(H,18,22). The number of hydrogen-bond acceptors (Lipinski definition) is 4. The van der Waals surface area contributed by atoms with Crippen molar-refractivity contribution in [3.05, 3.63) is 30.4 Å². The van der Waals surface area contributed by atoms with Crippen LogP contribution in [0.5, 0.6) is 0 Å². The Bertz CT molecular complexity index is 650. The van der Waals surface area contributed by atoms with Crippen LogP contribution >= 0.6 is 0 Å². The Hall–Kier alpha value is -2.24. The monoisotopic (exact) mass is 299 g/mol. The largest absolute Gasteiger partial charge is 0.355 e. The van der Waals surface area contributed by atoms with Crippen molar-refractivity contribution in [2.75, 3.05) is 6.54 Å². The first-order valence-electron chi connectivity index (χ1n) is 7.78. The zero-order valence-corrected chi connectivity index (χ0v) is 13.0. The van der Waals surface area contributed by atoms with Gasteiger partial charge in [-0.2, -0.15) is 0 Å². The van der Waals surface area contributed by atoms with Gasteiger partial charge in [-0.05, 0) is 30.9 Å². The predicted molar refractivity (Wildman–Crippen MR) is 83.1 cm³/mol. The molecule has 0 saturated carbocycles. The number of nitrogens with zero attached hydrogens (tertiary/aromatic N) is 4. The molecule has 2 aromatic heterocycles. The predicted octanol–water partition coefficient (Wildman–Crippen LogP) is 1.99. The summed E-state index contributed by atoms with van der Waals surface area (Å²) in [4.78, 5) is 16.4. The minimum atomic E-state index is -0.199. The van der Waals surface area contributed by atoms with Gasteiger partial charge in [-0.15, -0.1) is 10.2 Å². The summed E-state index contributed by atoms with van der Waals surface area (Å²) < 4.78 is 2.07. The molecule has 3 rings (SSSR count). The fourth-order valence-corrected chi connectivity index (χ4v) is 2.77. The Kier molecular flexibility index (Phi) is 4.18. The van der Waals surface area contributed by atoms with Gasteiger partial charge in [-0.25, -0.2) is 0 Å². The number of carbonyl (C=O) groups is 1. The van der Waals surface area contributed by atoms with Crippen LogP contribution in [0.15, 0.2) is 24.5 Å². The van der Waals surface area contributed by atoms with E-state index in [4.69, 9.17) is 0 Å². The third kappa shape index (κ3) is 2.86. The van der Waals surface area contributed by atoms with E-state index in [9.17, 15) is 4.79 Å². The second kappa shape index (κ2) is 6.25. The molecule has 1 amide bonds. The maximum absolute atomic E-state index is 12.4. The lowest BCUT2D eigenvalue weighted by Crippen LogP contribution is -2.35. The van der Waals surface area contributed by atoms with Crippen LogP contribution in [0.4, 0.5) is 0 Å². The zero-order chi connectivity index (χ0) is 15.5. The van der Waals surface area contributed by atoms with Crippen LogP contribution in [0.1, 0.15) is 38.4 Å². The van der Waals surface area contributed by atoms with Gasteiger partial charge in [0.05, 0.1) is 5.92 Å². The van der Waals surface area contributed by atoms with Crippen LogP contribution in [0.2, 0.25) is 0 Å². The Morgan fingerprint density at radius 3 is 2.86 bits per heavy atom. The van der Waals surface area contributed by atoms with E-state index in [0.717, 1.165) is 36.6 Å². The molecule has 0 spiro atoms.